The van der Waals surface area contributed by atoms with E-state index in [1.54, 1.807) is 24.3 Å². The fraction of sp³-hybridized carbons (Fsp3) is 0.111. The number of carbonyl (C=O) groups is 3. The molecule has 2 heterocycles. The first-order valence-corrected chi connectivity index (χ1v) is 8.44. The second-order valence-electron chi connectivity index (χ2n) is 5.91. The highest BCUT2D eigenvalue weighted by Crippen LogP contribution is 2.17. The molecule has 3 aromatic rings. The number of primary amides is 1. The van der Waals surface area contributed by atoms with E-state index in [0.717, 1.165) is 0 Å². The van der Waals surface area contributed by atoms with Gasteiger partial charge in [-0.25, -0.2) is 14.3 Å². The fourth-order valence-electron chi connectivity index (χ4n) is 2.44. The number of nitrogens with two attached hydrogens (primary N) is 1. The number of nitrogens with one attached hydrogen (secondary N) is 3. The van der Waals surface area contributed by atoms with Crippen LogP contribution in [0.25, 0.3) is 5.65 Å². The lowest BCUT2D eigenvalue weighted by Crippen LogP contribution is -2.31. The highest BCUT2D eigenvalue weighted by atomic mass is 16.2. The van der Waals surface area contributed by atoms with Crippen molar-refractivity contribution in [2.24, 2.45) is 5.73 Å². The molecule has 0 fully saturated rings. The number of nitriles is 1. The van der Waals surface area contributed by atoms with Gasteiger partial charge in [0.25, 0.3) is 5.91 Å². The van der Waals surface area contributed by atoms with Crippen molar-refractivity contribution in [3.8, 4) is 6.07 Å². The number of anilines is 2. The second kappa shape index (κ2) is 8.49. The molecule has 1 aromatic carbocycles. The largest absolute Gasteiger partial charge is 0.370 e. The molecule has 146 valence electrons. The summed E-state index contributed by atoms with van der Waals surface area (Å²) in [7, 11) is 0. The van der Waals surface area contributed by atoms with Gasteiger partial charge >= 0.3 is 6.03 Å². The van der Waals surface area contributed by atoms with Gasteiger partial charge in [0.1, 0.15) is 11.6 Å². The highest BCUT2D eigenvalue weighted by Gasteiger charge is 2.15. The van der Waals surface area contributed by atoms with Crippen molar-refractivity contribution in [2.75, 3.05) is 17.2 Å². The third-order valence-electron chi connectivity index (χ3n) is 3.77. The topological polar surface area (TPSA) is 167 Å². The minimum Gasteiger partial charge on any atom is -0.370 e. The molecule has 0 spiro atoms. The first-order valence-electron chi connectivity index (χ1n) is 8.44. The lowest BCUT2D eigenvalue weighted by atomic mass is 10.2. The molecule has 5 N–H and O–H groups in total. The molecule has 2 aromatic heterocycles. The molecule has 29 heavy (non-hydrogen) atoms. The van der Waals surface area contributed by atoms with Crippen LogP contribution in [0.1, 0.15) is 22.3 Å². The number of nitrogens with zero attached hydrogens (tertiary/aromatic N) is 4. The van der Waals surface area contributed by atoms with E-state index in [-0.39, 0.29) is 18.5 Å². The Morgan fingerprint density at radius 1 is 1.17 bits per heavy atom. The normalized spacial score (nSPS) is 10.2. The zero-order valence-electron chi connectivity index (χ0n) is 15.0. The van der Waals surface area contributed by atoms with Gasteiger partial charge in [-0.3, -0.25) is 9.59 Å². The van der Waals surface area contributed by atoms with Gasteiger partial charge in [-0.1, -0.05) is 6.07 Å². The number of rotatable bonds is 6. The maximum atomic E-state index is 12.6. The van der Waals surface area contributed by atoms with E-state index in [1.807, 2.05) is 6.07 Å². The molecule has 0 radical (unpaired) electrons. The van der Waals surface area contributed by atoms with Gasteiger partial charge in [0.05, 0.1) is 18.0 Å². The van der Waals surface area contributed by atoms with Crippen molar-refractivity contribution >= 4 is 34.9 Å². The van der Waals surface area contributed by atoms with Crippen LogP contribution in [0.3, 0.4) is 0 Å². The number of hydrogen-bond acceptors (Lipinski definition) is 6. The van der Waals surface area contributed by atoms with Gasteiger partial charge in [-0.2, -0.15) is 10.4 Å². The summed E-state index contributed by atoms with van der Waals surface area (Å²) in [6.45, 7) is 0.118. The molecule has 0 aliphatic heterocycles. The van der Waals surface area contributed by atoms with E-state index in [4.69, 9.17) is 11.0 Å². The Morgan fingerprint density at radius 3 is 2.66 bits per heavy atom. The standard InChI is InChI=1S/C18H16N8O3/c19-7-11-8-22-16-14(9-23-26(16)10-11)17(28)24-12-2-1-3-13(6-12)25-18(29)21-5-4-15(20)27/h1-3,6,8-10H,4-5H2,(H2,20,27)(H,24,28)(H2,21,25,29). The molecular weight excluding hydrogens is 376 g/mol. The lowest BCUT2D eigenvalue weighted by Gasteiger charge is -2.09. The molecule has 0 bridgehead atoms. The molecule has 11 nitrogen and oxygen atoms in total. The van der Waals surface area contributed by atoms with Crippen LogP contribution in [0.15, 0.2) is 42.9 Å². The molecule has 0 saturated carbocycles. The van der Waals surface area contributed by atoms with Crippen molar-refractivity contribution in [1.82, 2.24) is 19.9 Å². The third kappa shape index (κ3) is 4.83. The Hall–Kier alpha value is -4.46. The summed E-state index contributed by atoms with van der Waals surface area (Å²) < 4.78 is 1.35. The van der Waals surface area contributed by atoms with Gasteiger partial charge in [-0.05, 0) is 18.2 Å². The van der Waals surface area contributed by atoms with Crippen molar-refractivity contribution < 1.29 is 14.4 Å². The molecule has 4 amide bonds. The molecule has 0 atom stereocenters. The van der Waals surface area contributed by atoms with Crippen molar-refractivity contribution in [3.05, 3.63) is 54.0 Å². The van der Waals surface area contributed by atoms with Crippen LogP contribution in [0.4, 0.5) is 16.2 Å². The zero-order valence-corrected chi connectivity index (χ0v) is 15.0. The number of fused-ring (bicyclic) bond motifs is 1. The second-order valence-corrected chi connectivity index (χ2v) is 5.91. The number of urea groups is 1. The number of hydrogen-bond donors (Lipinski definition) is 4. The average molecular weight is 392 g/mol. The molecule has 3 rings (SSSR count). The Morgan fingerprint density at radius 2 is 1.93 bits per heavy atom. The maximum absolute atomic E-state index is 12.6. The summed E-state index contributed by atoms with van der Waals surface area (Å²) in [6.07, 6.45) is 4.22. The van der Waals surface area contributed by atoms with Crippen molar-refractivity contribution in [3.63, 3.8) is 0 Å². The first-order chi connectivity index (χ1) is 14.0. The molecule has 0 aliphatic carbocycles. The summed E-state index contributed by atoms with van der Waals surface area (Å²) >= 11 is 0. The third-order valence-corrected chi connectivity index (χ3v) is 3.77. The molecule has 11 heteroatoms. The van der Waals surface area contributed by atoms with Crippen molar-refractivity contribution in [2.45, 2.75) is 6.42 Å². The molecular formula is C18H16N8O3. The molecule has 0 unspecified atom stereocenters. The minimum atomic E-state index is -0.513. The summed E-state index contributed by atoms with van der Waals surface area (Å²) in [5.41, 5.74) is 6.76. The van der Waals surface area contributed by atoms with Crippen molar-refractivity contribution in [1.29, 1.82) is 5.26 Å². The van der Waals surface area contributed by atoms with Gasteiger partial charge in [0, 0.05) is 30.5 Å². The van der Waals surface area contributed by atoms with E-state index in [9.17, 15) is 14.4 Å². The smallest absolute Gasteiger partial charge is 0.319 e. The molecule has 0 saturated heterocycles. The monoisotopic (exact) mass is 392 g/mol. The number of benzene rings is 1. The lowest BCUT2D eigenvalue weighted by molar-refractivity contribution is -0.117. The van der Waals surface area contributed by atoms with E-state index < -0.39 is 17.8 Å². The number of amides is 4. The predicted octanol–water partition coefficient (Wildman–Crippen LogP) is 0.850. The summed E-state index contributed by atoms with van der Waals surface area (Å²) in [6, 6.07) is 7.97. The van der Waals surface area contributed by atoms with Gasteiger partial charge in [0.2, 0.25) is 5.91 Å². The zero-order chi connectivity index (χ0) is 20.8. The Labute approximate surface area is 164 Å². The minimum absolute atomic E-state index is 0.0348. The van der Waals surface area contributed by atoms with Crippen LogP contribution in [-0.4, -0.2) is 39.0 Å². The van der Waals surface area contributed by atoms with Crippen LogP contribution < -0.4 is 21.7 Å². The van der Waals surface area contributed by atoms with E-state index in [2.05, 4.69) is 26.0 Å². The average Bonchev–Trinajstić information content (AvgIpc) is 3.11. The van der Waals surface area contributed by atoms with E-state index in [0.29, 0.717) is 22.6 Å². The van der Waals surface area contributed by atoms with E-state index >= 15 is 0 Å². The van der Waals surface area contributed by atoms with E-state index in [1.165, 1.54) is 23.1 Å². The SMILES string of the molecule is N#Cc1cnc2c(C(=O)Nc3cccc(NC(=O)NCCC(N)=O)c3)cnn2c1. The number of aromatic nitrogens is 3. The van der Waals surface area contributed by atoms with Crippen LogP contribution >= 0.6 is 0 Å². The Bertz CT molecular complexity index is 1130. The summed E-state index contributed by atoms with van der Waals surface area (Å²) in [5.74, 6) is -0.957. The summed E-state index contributed by atoms with van der Waals surface area (Å²) in [4.78, 5) is 39.2. The summed E-state index contributed by atoms with van der Waals surface area (Å²) in [5, 5.41) is 20.7. The fourth-order valence-corrected chi connectivity index (χ4v) is 2.44. The van der Waals surface area contributed by atoms with Crippen LogP contribution in [0.5, 0.6) is 0 Å². The molecule has 0 aliphatic rings. The van der Waals surface area contributed by atoms with Crippen LogP contribution in [-0.2, 0) is 4.79 Å². The maximum Gasteiger partial charge on any atom is 0.319 e. The van der Waals surface area contributed by atoms with Gasteiger partial charge in [0.15, 0.2) is 5.65 Å². The van der Waals surface area contributed by atoms with Gasteiger partial charge < -0.3 is 21.7 Å². The van der Waals surface area contributed by atoms with Gasteiger partial charge in [-0.15, -0.1) is 0 Å². The Kier molecular flexibility index (Phi) is 5.65. The predicted molar refractivity (Wildman–Crippen MR) is 103 cm³/mol. The van der Waals surface area contributed by atoms with Crippen LogP contribution in [0, 0.1) is 11.3 Å². The van der Waals surface area contributed by atoms with Crippen LogP contribution in [0.2, 0.25) is 0 Å². The first kappa shape index (κ1) is 19.3. The quantitative estimate of drug-likeness (QED) is 0.485. The number of carbonyl (C=O) groups excluding carboxylic acids is 3. The Balaban J connectivity index is 1.67. The highest BCUT2D eigenvalue weighted by molar-refractivity contribution is 6.08.